The first-order valence-electron chi connectivity index (χ1n) is 12.0. The van der Waals surface area contributed by atoms with E-state index in [4.69, 9.17) is 11.6 Å². The Balaban J connectivity index is 1.34. The zero-order valence-electron chi connectivity index (χ0n) is 20.1. The van der Waals surface area contributed by atoms with Gasteiger partial charge in [0.2, 0.25) is 11.8 Å². The number of rotatable bonds is 7. The fraction of sp³-hybridized carbons (Fsp3) is 0.179. The number of anilines is 2. The summed E-state index contributed by atoms with van der Waals surface area (Å²) in [6.07, 6.45) is 1.54. The molecule has 1 aliphatic rings. The Morgan fingerprint density at radius 2 is 1.71 bits per heavy atom. The smallest absolute Gasteiger partial charge is 0.255 e. The average Bonchev–Trinajstić information content (AvgIpc) is 3.57. The Morgan fingerprint density at radius 1 is 0.974 bits per heavy atom. The van der Waals surface area contributed by atoms with Crippen LogP contribution < -0.4 is 16.2 Å². The molecule has 2 amide bonds. The fourth-order valence-corrected chi connectivity index (χ4v) is 5.36. The number of hydrogen-bond acceptors (Lipinski definition) is 5. The van der Waals surface area contributed by atoms with Gasteiger partial charge in [-0.1, -0.05) is 17.7 Å². The van der Waals surface area contributed by atoms with Crippen LogP contribution in [0.15, 0.2) is 88.5 Å². The predicted octanol–water partition coefficient (Wildman–Crippen LogP) is 5.02. The lowest BCUT2D eigenvalue weighted by atomic mass is 9.94. The van der Waals surface area contributed by atoms with Crippen molar-refractivity contribution >= 4 is 46.1 Å². The molecule has 7 nitrogen and oxygen atoms in total. The van der Waals surface area contributed by atoms with Gasteiger partial charge in [0.05, 0.1) is 23.2 Å². The molecule has 0 saturated carbocycles. The van der Waals surface area contributed by atoms with Gasteiger partial charge in [-0.3, -0.25) is 23.9 Å². The first kappa shape index (κ1) is 25.8. The van der Waals surface area contributed by atoms with Crippen LogP contribution in [0, 0.1) is 17.7 Å². The third-order valence-electron chi connectivity index (χ3n) is 6.48. The Morgan fingerprint density at radius 3 is 2.37 bits per heavy atom. The monoisotopic (exact) mass is 550 g/mol. The van der Waals surface area contributed by atoms with E-state index in [-0.39, 0.29) is 17.2 Å². The van der Waals surface area contributed by atoms with Crippen LogP contribution in [0.5, 0.6) is 0 Å². The maximum Gasteiger partial charge on any atom is 0.255 e. The van der Waals surface area contributed by atoms with Crippen molar-refractivity contribution in [3.8, 4) is 5.69 Å². The van der Waals surface area contributed by atoms with Gasteiger partial charge in [0, 0.05) is 48.7 Å². The van der Waals surface area contributed by atoms with Gasteiger partial charge in [-0.15, -0.1) is 0 Å². The Labute approximate surface area is 227 Å². The number of carbonyl (C=O) groups is 2. The van der Waals surface area contributed by atoms with E-state index < -0.39 is 23.6 Å². The van der Waals surface area contributed by atoms with Crippen molar-refractivity contribution < 1.29 is 14.0 Å². The maximum atomic E-state index is 15.0. The molecule has 194 valence electrons. The normalized spacial score (nSPS) is 17.3. The largest absolute Gasteiger partial charge is 0.326 e. The van der Waals surface area contributed by atoms with E-state index in [9.17, 15) is 18.8 Å². The molecule has 5 rings (SSSR count). The third kappa shape index (κ3) is 5.85. The van der Waals surface area contributed by atoms with E-state index in [1.165, 1.54) is 22.8 Å². The molecule has 1 fully saturated rings. The Hall–Kier alpha value is -3.79. The first-order valence-corrected chi connectivity index (χ1v) is 13.3. The van der Waals surface area contributed by atoms with Crippen molar-refractivity contribution in [2.75, 3.05) is 23.7 Å². The van der Waals surface area contributed by atoms with Crippen LogP contribution in [-0.2, 0) is 16.1 Å². The summed E-state index contributed by atoms with van der Waals surface area (Å²) in [5.41, 5.74) is 1.71. The minimum atomic E-state index is -0.697. The fourth-order valence-electron chi connectivity index (χ4n) is 4.58. The Bertz CT molecular complexity index is 1510. The molecular weight excluding hydrogens is 527 g/mol. The minimum absolute atomic E-state index is 0.0177. The topological polar surface area (TPSA) is 83.4 Å². The first-order chi connectivity index (χ1) is 18.4. The number of likely N-dealkylation sites (tertiary alicyclic amines) is 1. The molecule has 1 saturated heterocycles. The molecule has 2 atom stereocenters. The minimum Gasteiger partial charge on any atom is -0.326 e. The van der Waals surface area contributed by atoms with Crippen molar-refractivity contribution in [2.24, 2.45) is 11.8 Å². The van der Waals surface area contributed by atoms with Crippen molar-refractivity contribution in [3.05, 3.63) is 110 Å². The summed E-state index contributed by atoms with van der Waals surface area (Å²) in [5.74, 6) is -2.76. The standard InChI is InChI=1S/C28H24ClFN4O3S/c29-19-4-6-20(7-5-19)31-27(36)22-15-33(14-18-10-12-38-17-18)16-23(22)28(37)32-25-9-8-21(13-24(25)30)34-11-2-1-3-26(34)35/h1-13,17,22-23H,14-16H2,(H,31,36)(H,32,37)/t22-,23-/m0/s1. The molecule has 0 radical (unpaired) electrons. The summed E-state index contributed by atoms with van der Waals surface area (Å²) < 4.78 is 16.3. The van der Waals surface area contributed by atoms with E-state index in [2.05, 4.69) is 15.5 Å². The predicted molar refractivity (Wildman–Crippen MR) is 147 cm³/mol. The zero-order valence-corrected chi connectivity index (χ0v) is 21.7. The van der Waals surface area contributed by atoms with Crippen molar-refractivity contribution in [2.45, 2.75) is 6.54 Å². The summed E-state index contributed by atoms with van der Waals surface area (Å²) in [7, 11) is 0. The highest BCUT2D eigenvalue weighted by atomic mass is 35.5. The van der Waals surface area contributed by atoms with Crippen LogP contribution in [0.1, 0.15) is 5.56 Å². The molecule has 10 heteroatoms. The molecule has 2 aromatic heterocycles. The lowest BCUT2D eigenvalue weighted by molar-refractivity contribution is -0.127. The molecule has 4 aromatic rings. The molecule has 0 aliphatic carbocycles. The summed E-state index contributed by atoms with van der Waals surface area (Å²) in [4.78, 5) is 40.8. The second-order valence-electron chi connectivity index (χ2n) is 9.10. The van der Waals surface area contributed by atoms with Crippen molar-refractivity contribution in [3.63, 3.8) is 0 Å². The van der Waals surface area contributed by atoms with Gasteiger partial charge in [-0.05, 0) is 64.9 Å². The van der Waals surface area contributed by atoms with Gasteiger partial charge >= 0.3 is 0 Å². The number of benzene rings is 2. The average molecular weight is 551 g/mol. The van der Waals surface area contributed by atoms with Gasteiger partial charge in [-0.2, -0.15) is 11.3 Å². The van der Waals surface area contributed by atoms with Crippen LogP contribution >= 0.6 is 22.9 Å². The van der Waals surface area contributed by atoms with Crippen molar-refractivity contribution in [1.29, 1.82) is 0 Å². The number of nitrogens with zero attached hydrogens (tertiary/aromatic N) is 2. The SMILES string of the molecule is O=C(Nc1ccc(Cl)cc1)[C@H]1CN(Cc2ccsc2)C[C@@H]1C(=O)Nc1ccc(-n2ccccc2=O)cc1F. The highest BCUT2D eigenvalue weighted by molar-refractivity contribution is 7.07. The number of hydrogen-bond donors (Lipinski definition) is 2. The van der Waals surface area contributed by atoms with Crippen LogP contribution in [-0.4, -0.2) is 34.4 Å². The molecule has 1 aliphatic heterocycles. The molecule has 0 spiro atoms. The lowest BCUT2D eigenvalue weighted by Gasteiger charge is -2.18. The van der Waals surface area contributed by atoms with Gasteiger partial charge in [-0.25, -0.2) is 4.39 Å². The van der Waals surface area contributed by atoms with E-state index in [0.717, 1.165) is 5.56 Å². The molecule has 2 aromatic carbocycles. The summed E-state index contributed by atoms with van der Waals surface area (Å²) in [5, 5.41) is 10.1. The van der Waals surface area contributed by atoms with Gasteiger partial charge in [0.25, 0.3) is 5.56 Å². The molecule has 0 bridgehead atoms. The summed E-state index contributed by atoms with van der Waals surface area (Å²) >= 11 is 7.53. The molecule has 38 heavy (non-hydrogen) atoms. The highest BCUT2D eigenvalue weighted by Crippen LogP contribution is 2.29. The van der Waals surface area contributed by atoms with E-state index >= 15 is 0 Å². The number of aromatic nitrogens is 1. The molecule has 0 unspecified atom stereocenters. The second-order valence-corrected chi connectivity index (χ2v) is 10.3. The third-order valence-corrected chi connectivity index (χ3v) is 7.46. The van der Waals surface area contributed by atoms with E-state index in [0.29, 0.717) is 36.0 Å². The quantitative estimate of drug-likeness (QED) is 0.338. The van der Waals surface area contributed by atoms with E-state index in [1.54, 1.807) is 60.0 Å². The summed E-state index contributed by atoms with van der Waals surface area (Å²) in [6, 6.07) is 17.6. The number of nitrogens with one attached hydrogen (secondary N) is 2. The Kier molecular flexibility index (Phi) is 7.69. The molecule has 3 heterocycles. The maximum absolute atomic E-state index is 15.0. The lowest BCUT2D eigenvalue weighted by Crippen LogP contribution is -2.35. The summed E-state index contributed by atoms with van der Waals surface area (Å²) in [6.45, 7) is 1.33. The molecule has 2 N–H and O–H groups in total. The van der Waals surface area contributed by atoms with Crippen LogP contribution in [0.3, 0.4) is 0 Å². The van der Waals surface area contributed by atoms with E-state index in [1.807, 2.05) is 16.8 Å². The zero-order chi connectivity index (χ0) is 26.6. The van der Waals surface area contributed by atoms with Gasteiger partial charge < -0.3 is 10.6 Å². The number of carbonyl (C=O) groups excluding carboxylic acids is 2. The number of pyridine rings is 1. The van der Waals surface area contributed by atoms with Crippen molar-refractivity contribution in [1.82, 2.24) is 9.47 Å². The second kappa shape index (κ2) is 11.3. The molecular formula is C28H24ClFN4O3S. The van der Waals surface area contributed by atoms with Crippen LogP contribution in [0.25, 0.3) is 5.69 Å². The van der Waals surface area contributed by atoms with Gasteiger partial charge in [0.15, 0.2) is 0 Å². The number of thiophene rings is 1. The number of amides is 2. The van der Waals surface area contributed by atoms with Crippen LogP contribution in [0.4, 0.5) is 15.8 Å². The van der Waals surface area contributed by atoms with Crippen LogP contribution in [0.2, 0.25) is 5.02 Å². The highest BCUT2D eigenvalue weighted by Gasteiger charge is 2.42. The number of halogens is 2. The van der Waals surface area contributed by atoms with Gasteiger partial charge in [0.1, 0.15) is 5.82 Å².